The number of anilines is 4. The van der Waals surface area contributed by atoms with E-state index in [0.29, 0.717) is 23.7 Å². The highest BCUT2D eigenvalue weighted by atomic mass is 16.2. The Kier molecular flexibility index (Phi) is 12.1. The van der Waals surface area contributed by atoms with Gasteiger partial charge in [-0.05, 0) is 124 Å². The van der Waals surface area contributed by atoms with Gasteiger partial charge in [-0.15, -0.1) is 0 Å². The van der Waals surface area contributed by atoms with Gasteiger partial charge >= 0.3 is 12.1 Å². The molecule has 2 aromatic rings. The number of carbonyl (C=O) groups excluding carboxylic acids is 2. The zero-order valence-corrected chi connectivity index (χ0v) is 28.7. The Balaban J connectivity index is 1.21. The third kappa shape index (κ3) is 9.32. The van der Waals surface area contributed by atoms with Crippen molar-refractivity contribution >= 4 is 34.8 Å². The molecule has 46 heavy (non-hydrogen) atoms. The summed E-state index contributed by atoms with van der Waals surface area (Å²) in [6.45, 7) is 0. The van der Waals surface area contributed by atoms with E-state index in [1.807, 2.05) is 76.7 Å². The van der Waals surface area contributed by atoms with Crippen LogP contribution in [0, 0.1) is 23.7 Å². The highest BCUT2D eigenvalue weighted by Crippen LogP contribution is 2.41. The second-order valence-electron chi connectivity index (χ2n) is 14.6. The lowest BCUT2D eigenvalue weighted by Crippen LogP contribution is -2.51. The van der Waals surface area contributed by atoms with E-state index in [2.05, 4.69) is 31.1 Å². The van der Waals surface area contributed by atoms with Crippen molar-refractivity contribution in [2.75, 3.05) is 48.6 Å². The van der Waals surface area contributed by atoms with Gasteiger partial charge < -0.3 is 31.1 Å². The van der Waals surface area contributed by atoms with Gasteiger partial charge in [-0.3, -0.25) is 0 Å². The number of urea groups is 2. The molecule has 3 aliphatic carbocycles. The normalized spacial score (nSPS) is 22.3. The second kappa shape index (κ2) is 16.4. The Labute approximate surface area is 277 Å². The quantitative estimate of drug-likeness (QED) is 0.212. The summed E-state index contributed by atoms with van der Waals surface area (Å²) < 4.78 is 0. The lowest BCUT2D eigenvalue weighted by Gasteiger charge is -2.43. The fourth-order valence-corrected chi connectivity index (χ4v) is 8.41. The van der Waals surface area contributed by atoms with Gasteiger partial charge in [0, 0.05) is 63.0 Å². The van der Waals surface area contributed by atoms with Crippen molar-refractivity contribution in [1.29, 1.82) is 0 Å². The maximum absolute atomic E-state index is 13.3. The number of hydrogen-bond donors (Lipinski definition) is 4. The Morgan fingerprint density at radius 3 is 1.11 bits per heavy atom. The van der Waals surface area contributed by atoms with Gasteiger partial charge in [0.05, 0.1) is 0 Å². The first-order valence-corrected chi connectivity index (χ1v) is 18.0. The van der Waals surface area contributed by atoms with E-state index < -0.39 is 0 Å². The topological polar surface area (TPSA) is 88.7 Å². The maximum Gasteiger partial charge on any atom is 0.319 e. The third-order valence-corrected chi connectivity index (χ3v) is 11.0. The molecular weight excluding hydrogens is 572 g/mol. The van der Waals surface area contributed by atoms with Crippen molar-refractivity contribution in [2.45, 2.75) is 102 Å². The molecule has 4 N–H and O–H groups in total. The fraction of sp³-hybridized carbons (Fsp3) is 0.632. The van der Waals surface area contributed by atoms with Crippen molar-refractivity contribution < 1.29 is 9.59 Å². The van der Waals surface area contributed by atoms with Crippen LogP contribution in [-0.4, -0.2) is 52.3 Å². The smallest absolute Gasteiger partial charge is 0.319 e. The average Bonchev–Trinajstić information content (AvgIpc) is 3.07. The number of rotatable bonds is 10. The highest BCUT2D eigenvalue weighted by Gasteiger charge is 2.39. The summed E-state index contributed by atoms with van der Waals surface area (Å²) in [5.74, 6) is 2.01. The Bertz CT molecular complexity index is 1130. The molecule has 4 amide bonds. The minimum atomic E-state index is -0.0904. The standard InChI is InChI=1S/C38H58N6O2/c1-43(2)33-23-19-31(20-24-33)39-37(45)41-35(27-11-7-5-8-12-27)29-15-17-30(18-16-29)36(28-13-9-6-10-14-28)42-38(46)40-32-21-25-34(26-22-32)44(3)4/h19-30,35-36H,5-18H2,1-4H3,(H2,39,41,45)(H2,40,42,46). The van der Waals surface area contributed by atoms with Gasteiger partial charge in [0.2, 0.25) is 0 Å². The van der Waals surface area contributed by atoms with Crippen molar-refractivity contribution in [3.63, 3.8) is 0 Å². The Hall–Kier alpha value is -3.42. The van der Waals surface area contributed by atoms with Crippen LogP contribution in [-0.2, 0) is 0 Å². The number of amides is 4. The van der Waals surface area contributed by atoms with Crippen LogP contribution in [0.1, 0.15) is 89.9 Å². The summed E-state index contributed by atoms with van der Waals surface area (Å²) in [5, 5.41) is 13.2. The third-order valence-electron chi connectivity index (χ3n) is 11.0. The van der Waals surface area contributed by atoms with Crippen LogP contribution in [0.15, 0.2) is 48.5 Å². The summed E-state index contributed by atoms with van der Waals surface area (Å²) in [6, 6.07) is 16.2. The van der Waals surface area contributed by atoms with E-state index in [1.165, 1.54) is 64.2 Å². The predicted octanol–water partition coefficient (Wildman–Crippen LogP) is 8.47. The fourth-order valence-electron chi connectivity index (χ4n) is 8.41. The monoisotopic (exact) mass is 630 g/mol. The van der Waals surface area contributed by atoms with E-state index in [0.717, 1.165) is 48.4 Å². The zero-order chi connectivity index (χ0) is 32.5. The van der Waals surface area contributed by atoms with Gasteiger partial charge in [-0.1, -0.05) is 38.5 Å². The van der Waals surface area contributed by atoms with Crippen LogP contribution >= 0.6 is 0 Å². The Morgan fingerprint density at radius 2 is 0.804 bits per heavy atom. The molecule has 5 rings (SSSR count). The molecule has 0 heterocycles. The number of hydrogen-bond acceptors (Lipinski definition) is 4. The molecule has 3 fully saturated rings. The van der Waals surface area contributed by atoms with E-state index in [4.69, 9.17) is 0 Å². The summed E-state index contributed by atoms with van der Waals surface area (Å²) in [4.78, 5) is 30.8. The first kappa shape index (κ1) is 33.9. The molecule has 8 nitrogen and oxygen atoms in total. The van der Waals surface area contributed by atoms with Crippen LogP contribution in [0.5, 0.6) is 0 Å². The molecule has 0 radical (unpaired) electrons. The predicted molar refractivity (Wildman–Crippen MR) is 192 cm³/mol. The summed E-state index contributed by atoms with van der Waals surface area (Å²) in [5.41, 5.74) is 3.87. The van der Waals surface area contributed by atoms with E-state index in [9.17, 15) is 9.59 Å². The minimum absolute atomic E-state index is 0.0904. The SMILES string of the molecule is CN(C)c1ccc(NC(=O)NC(C2CCCCC2)C2CCC(C(NC(=O)Nc3ccc(N(C)C)cc3)C3CCCCC3)CC2)cc1. The average molecular weight is 631 g/mol. The molecule has 0 aromatic heterocycles. The number of nitrogens with one attached hydrogen (secondary N) is 4. The first-order valence-electron chi connectivity index (χ1n) is 18.0. The lowest BCUT2D eigenvalue weighted by atomic mass is 9.68. The summed E-state index contributed by atoms with van der Waals surface area (Å²) >= 11 is 0. The molecule has 2 aromatic carbocycles. The van der Waals surface area contributed by atoms with Crippen molar-refractivity contribution in [3.05, 3.63) is 48.5 Å². The van der Waals surface area contributed by atoms with Crippen LogP contribution < -0.4 is 31.1 Å². The van der Waals surface area contributed by atoms with Crippen molar-refractivity contribution in [3.8, 4) is 0 Å². The summed E-state index contributed by atoms with van der Waals surface area (Å²) in [7, 11) is 8.08. The molecule has 0 saturated heterocycles. The maximum atomic E-state index is 13.3. The molecule has 0 aliphatic heterocycles. The van der Waals surface area contributed by atoms with Gasteiger partial charge in [0.15, 0.2) is 0 Å². The largest absolute Gasteiger partial charge is 0.378 e. The van der Waals surface area contributed by atoms with E-state index in [1.54, 1.807) is 0 Å². The van der Waals surface area contributed by atoms with Crippen LogP contribution in [0.3, 0.4) is 0 Å². The minimum Gasteiger partial charge on any atom is -0.378 e. The highest BCUT2D eigenvalue weighted by molar-refractivity contribution is 5.90. The molecule has 2 unspecified atom stereocenters. The molecule has 8 heteroatoms. The number of benzene rings is 2. The molecule has 252 valence electrons. The van der Waals surface area contributed by atoms with Crippen LogP contribution in [0.4, 0.5) is 32.3 Å². The molecule has 2 atom stereocenters. The Morgan fingerprint density at radius 1 is 0.500 bits per heavy atom. The van der Waals surface area contributed by atoms with E-state index in [-0.39, 0.29) is 24.1 Å². The molecule has 0 bridgehead atoms. The number of carbonyl (C=O) groups is 2. The second-order valence-corrected chi connectivity index (χ2v) is 14.6. The van der Waals surface area contributed by atoms with Crippen molar-refractivity contribution in [2.24, 2.45) is 23.7 Å². The lowest BCUT2D eigenvalue weighted by molar-refractivity contribution is 0.121. The van der Waals surface area contributed by atoms with Crippen molar-refractivity contribution in [1.82, 2.24) is 10.6 Å². The first-order chi connectivity index (χ1) is 22.3. The molecular formula is C38H58N6O2. The van der Waals surface area contributed by atoms with Gasteiger partial charge in [-0.2, -0.15) is 0 Å². The van der Waals surface area contributed by atoms with Gasteiger partial charge in [0.25, 0.3) is 0 Å². The number of nitrogens with zero attached hydrogens (tertiary/aromatic N) is 2. The van der Waals surface area contributed by atoms with Gasteiger partial charge in [0.1, 0.15) is 0 Å². The molecule has 0 spiro atoms. The van der Waals surface area contributed by atoms with E-state index >= 15 is 0 Å². The van der Waals surface area contributed by atoms with Crippen LogP contribution in [0.25, 0.3) is 0 Å². The van der Waals surface area contributed by atoms with Crippen LogP contribution in [0.2, 0.25) is 0 Å². The zero-order valence-electron chi connectivity index (χ0n) is 28.7. The van der Waals surface area contributed by atoms with Gasteiger partial charge in [-0.25, -0.2) is 9.59 Å². The summed E-state index contributed by atoms with van der Waals surface area (Å²) in [6.07, 6.45) is 16.8. The molecule has 3 saturated carbocycles. The molecule has 3 aliphatic rings.